The van der Waals surface area contributed by atoms with E-state index in [1.54, 1.807) is 12.1 Å². The van der Waals surface area contributed by atoms with Crippen LogP contribution in [0.1, 0.15) is 139 Å². The Morgan fingerprint density at radius 2 is 1.03 bits per heavy atom. The summed E-state index contributed by atoms with van der Waals surface area (Å²) in [5, 5.41) is 14.7. The van der Waals surface area contributed by atoms with Crippen molar-refractivity contribution in [3.8, 4) is 0 Å². The minimum Gasteiger partial charge on any atom is -0.379 e. The number of Topliss-reactive ketones (excluding diaryl/α,β-unsaturated/α-hetero) is 2. The van der Waals surface area contributed by atoms with Crippen molar-refractivity contribution in [3.63, 3.8) is 0 Å². The van der Waals surface area contributed by atoms with Gasteiger partial charge in [0.15, 0.2) is 11.6 Å². The summed E-state index contributed by atoms with van der Waals surface area (Å²) in [6.07, 6.45) is 14.4. The molecule has 4 heterocycles. The van der Waals surface area contributed by atoms with Gasteiger partial charge in [0, 0.05) is 70.6 Å². The van der Waals surface area contributed by atoms with E-state index in [0.29, 0.717) is 31.5 Å². The van der Waals surface area contributed by atoms with Crippen LogP contribution in [0.15, 0.2) is 133 Å². The Hall–Kier alpha value is -5.87. The van der Waals surface area contributed by atoms with Crippen LogP contribution in [-0.2, 0) is 0 Å². The van der Waals surface area contributed by atoms with E-state index in [9.17, 15) is 19.2 Å². The summed E-state index contributed by atoms with van der Waals surface area (Å²) in [6, 6.07) is 43.0. The van der Waals surface area contributed by atoms with Gasteiger partial charge in [-0.15, -0.1) is 0 Å². The molecule has 9 nitrogen and oxygen atoms in total. The number of hydrogen-bond acceptors (Lipinski definition) is 8. The van der Waals surface area contributed by atoms with Crippen molar-refractivity contribution in [2.24, 2.45) is 11.7 Å². The number of piperidine rings is 2. The number of likely N-dealkylation sites (tertiary alicyclic amines) is 1. The molecule has 69 heavy (non-hydrogen) atoms. The normalized spacial score (nSPS) is 17.8. The molecule has 0 atom stereocenters. The number of carbonyl (C=O) groups is 4. The summed E-state index contributed by atoms with van der Waals surface area (Å²) < 4.78 is 0. The SMILES string of the molecule is CCC1CCCC1.CCN.O=C(Cl)c1ccc2ccccc2c1.O=C1CCC2(CCN(C(=O)c3ccc4ccccc4c3)CC2)Nc2ccccc21.O=C1CCC2(CCNCC2)Nc2ccccc21. The van der Waals surface area contributed by atoms with E-state index >= 15 is 0 Å². The zero-order valence-corrected chi connectivity index (χ0v) is 41.3. The second kappa shape index (κ2) is 24.6. The summed E-state index contributed by atoms with van der Waals surface area (Å²) in [5.74, 6) is 1.68. The first kappa shape index (κ1) is 51.0. The summed E-state index contributed by atoms with van der Waals surface area (Å²) in [6.45, 7) is 8.45. The number of benzene rings is 6. The number of amides is 1. The van der Waals surface area contributed by atoms with Crippen LogP contribution >= 0.6 is 11.6 Å². The van der Waals surface area contributed by atoms with Crippen molar-refractivity contribution in [1.29, 1.82) is 0 Å². The lowest BCUT2D eigenvalue weighted by atomic mass is 9.83. The fourth-order valence-electron chi connectivity index (χ4n) is 10.4. The number of carbonyl (C=O) groups excluding carboxylic acids is 4. The lowest BCUT2D eigenvalue weighted by molar-refractivity contribution is 0.0673. The molecule has 6 aromatic rings. The number of para-hydroxylation sites is 2. The standard InChI is InChI=1S/C25H24N2O2.C14H18N2O.C11H7ClO.C7H14.C2H7N/c28-23-11-12-25(26-22-8-4-3-7-21(22)23)13-15-27(16-14-25)24(29)20-10-9-18-5-1-2-6-19(18)17-20;17-13-5-6-14(7-9-15-10-8-14)16-12-4-2-1-3-11(12)13;12-11(13)10-6-5-8-3-1-2-4-9(8)7-10;1-2-7-5-3-4-6-7;1-2-3/h1-10,17,26H,11-16H2;1-4,15-16H,5-10H2;1-7H;7H,2-6H2,1H3;2-3H2,1H3. The third-order valence-corrected chi connectivity index (χ3v) is 14.7. The van der Waals surface area contributed by atoms with E-state index < -0.39 is 5.24 Å². The Bertz CT molecular complexity index is 2680. The average molecular weight is 949 g/mol. The van der Waals surface area contributed by atoms with Crippen LogP contribution in [0.5, 0.6) is 0 Å². The summed E-state index contributed by atoms with van der Waals surface area (Å²) >= 11 is 5.36. The van der Waals surface area contributed by atoms with Crippen LogP contribution in [0, 0.1) is 5.92 Å². The van der Waals surface area contributed by atoms with Gasteiger partial charge in [0.05, 0.1) is 0 Å². The van der Waals surface area contributed by atoms with Gasteiger partial charge in [-0.25, -0.2) is 0 Å². The molecule has 3 fully saturated rings. The molecule has 4 aliphatic heterocycles. The van der Waals surface area contributed by atoms with E-state index in [1.807, 2.05) is 127 Å². The maximum atomic E-state index is 13.1. The molecule has 0 unspecified atom stereocenters. The van der Waals surface area contributed by atoms with E-state index in [4.69, 9.17) is 17.3 Å². The number of nitrogens with two attached hydrogens (primary N) is 1. The molecule has 1 saturated carbocycles. The molecular formula is C59H70ClN5O4. The maximum absolute atomic E-state index is 13.1. The second-order valence-corrected chi connectivity index (χ2v) is 19.5. The van der Waals surface area contributed by atoms with Crippen molar-refractivity contribution in [1.82, 2.24) is 10.2 Å². The van der Waals surface area contributed by atoms with Gasteiger partial charge in [-0.3, -0.25) is 19.2 Å². The molecule has 1 amide bonds. The number of hydrogen-bond donors (Lipinski definition) is 4. The molecule has 0 bridgehead atoms. The largest absolute Gasteiger partial charge is 0.379 e. The summed E-state index contributed by atoms with van der Waals surface area (Å²) in [4.78, 5) is 50.5. The Morgan fingerprint density at radius 3 is 1.51 bits per heavy atom. The number of nitrogens with zero attached hydrogens (tertiary/aromatic N) is 1. The topological polar surface area (TPSA) is 134 Å². The van der Waals surface area contributed by atoms with Gasteiger partial charge in [-0.1, -0.05) is 131 Å². The van der Waals surface area contributed by atoms with E-state index in [1.165, 1.54) is 32.1 Å². The molecule has 5 N–H and O–H groups in total. The van der Waals surface area contributed by atoms with Crippen LogP contribution in [0.25, 0.3) is 21.5 Å². The third kappa shape index (κ3) is 13.5. The number of halogens is 1. The van der Waals surface area contributed by atoms with Crippen molar-refractivity contribution in [2.45, 2.75) is 108 Å². The lowest BCUT2D eigenvalue weighted by Gasteiger charge is -2.42. The van der Waals surface area contributed by atoms with Crippen molar-refractivity contribution in [2.75, 3.05) is 43.4 Å². The highest BCUT2D eigenvalue weighted by molar-refractivity contribution is 6.67. The maximum Gasteiger partial charge on any atom is 0.253 e. The third-order valence-electron chi connectivity index (χ3n) is 14.5. The highest BCUT2D eigenvalue weighted by Crippen LogP contribution is 2.37. The summed E-state index contributed by atoms with van der Waals surface area (Å²) in [5.41, 5.74) is 9.77. The quantitative estimate of drug-likeness (QED) is 0.129. The first-order valence-corrected chi connectivity index (χ1v) is 25.6. The van der Waals surface area contributed by atoms with Crippen LogP contribution in [0.3, 0.4) is 0 Å². The lowest BCUT2D eigenvalue weighted by Crippen LogP contribution is -2.50. The minimum absolute atomic E-state index is 0.0932. The van der Waals surface area contributed by atoms with E-state index in [-0.39, 0.29) is 28.6 Å². The molecule has 1 aliphatic carbocycles. The smallest absolute Gasteiger partial charge is 0.253 e. The highest BCUT2D eigenvalue weighted by atomic mass is 35.5. The minimum atomic E-state index is -0.411. The van der Waals surface area contributed by atoms with E-state index in [2.05, 4.69) is 28.9 Å². The Kier molecular flexibility index (Phi) is 18.2. The number of anilines is 2. The van der Waals surface area contributed by atoms with Crippen molar-refractivity contribution < 1.29 is 19.2 Å². The summed E-state index contributed by atoms with van der Waals surface area (Å²) in [7, 11) is 0. The molecule has 5 aliphatic rings. The highest BCUT2D eigenvalue weighted by Gasteiger charge is 2.39. The predicted octanol–water partition coefficient (Wildman–Crippen LogP) is 12.9. The molecule has 2 spiro atoms. The average Bonchev–Trinajstić information content (AvgIpc) is 3.84. The zero-order valence-electron chi connectivity index (χ0n) is 40.5. The fraction of sp³-hybridized carbons (Fsp3) is 0.390. The Morgan fingerprint density at radius 1 is 0.594 bits per heavy atom. The number of fused-ring (bicyclic) bond motifs is 4. The molecular weight excluding hydrogens is 878 g/mol. The van der Waals surface area contributed by atoms with Gasteiger partial charge < -0.3 is 26.6 Å². The number of rotatable bonds is 3. The number of ketones is 2. The van der Waals surface area contributed by atoms with Crippen LogP contribution in [-0.4, -0.2) is 71.4 Å². The Labute approximate surface area is 414 Å². The molecule has 0 aromatic heterocycles. The monoisotopic (exact) mass is 948 g/mol. The van der Waals surface area contributed by atoms with Crippen LogP contribution in [0.4, 0.5) is 11.4 Å². The predicted molar refractivity (Wildman–Crippen MR) is 285 cm³/mol. The van der Waals surface area contributed by atoms with Crippen molar-refractivity contribution >= 4 is 67.2 Å². The number of nitrogens with one attached hydrogen (secondary N) is 3. The van der Waals surface area contributed by atoms with Crippen LogP contribution < -0.4 is 21.7 Å². The van der Waals surface area contributed by atoms with Crippen LogP contribution in [0.2, 0.25) is 0 Å². The first-order valence-electron chi connectivity index (χ1n) is 25.2. The van der Waals surface area contributed by atoms with Gasteiger partial charge in [0.25, 0.3) is 11.1 Å². The molecule has 2 saturated heterocycles. The Balaban J connectivity index is 0.000000148. The van der Waals surface area contributed by atoms with Crippen molar-refractivity contribution in [3.05, 3.63) is 156 Å². The molecule has 6 aromatic carbocycles. The molecule has 10 heteroatoms. The molecule has 0 radical (unpaired) electrons. The van der Waals surface area contributed by atoms with Gasteiger partial charge in [0.1, 0.15) is 0 Å². The molecule has 362 valence electrons. The zero-order chi connectivity index (χ0) is 48.6. The fourth-order valence-corrected chi connectivity index (χ4v) is 10.5. The van der Waals surface area contributed by atoms with E-state index in [0.717, 1.165) is 114 Å². The van der Waals surface area contributed by atoms with Gasteiger partial charge >= 0.3 is 0 Å². The van der Waals surface area contributed by atoms with Gasteiger partial charge in [-0.05, 0) is 146 Å². The second-order valence-electron chi connectivity index (χ2n) is 19.2. The first-order chi connectivity index (χ1) is 33.5. The van der Waals surface area contributed by atoms with Gasteiger partial charge in [0.2, 0.25) is 0 Å². The van der Waals surface area contributed by atoms with Gasteiger partial charge in [-0.2, -0.15) is 0 Å². The molecule has 11 rings (SSSR count).